The van der Waals surface area contributed by atoms with Crippen LogP contribution in [0.15, 0.2) is 42.9 Å². The SMILES string of the molecule is CCOc1cnc2c(-c3nc4cc(F)c(O[C@@H](C)[C@@H](C)N(C(=O)O)c5cnc([C@@H](C)O)nc5)cc4s3)cc(C)cc2n1. The minimum atomic E-state index is -1.25. The van der Waals surface area contributed by atoms with Gasteiger partial charge >= 0.3 is 6.09 Å². The van der Waals surface area contributed by atoms with Crippen molar-refractivity contribution in [1.29, 1.82) is 0 Å². The lowest BCUT2D eigenvalue weighted by Crippen LogP contribution is -2.46. The van der Waals surface area contributed by atoms with E-state index in [-0.39, 0.29) is 17.3 Å². The molecule has 2 N–H and O–H groups in total. The van der Waals surface area contributed by atoms with Crippen molar-refractivity contribution in [2.45, 2.75) is 52.9 Å². The molecule has 5 rings (SSSR count). The fourth-order valence-corrected chi connectivity index (χ4v) is 5.46. The quantitative estimate of drug-likeness (QED) is 0.211. The third-order valence-electron chi connectivity index (χ3n) is 6.65. The number of benzene rings is 2. The summed E-state index contributed by atoms with van der Waals surface area (Å²) in [6.07, 6.45) is 1.29. The third-order valence-corrected chi connectivity index (χ3v) is 7.70. The molecule has 218 valence electrons. The number of nitrogens with zero attached hydrogens (tertiary/aromatic N) is 6. The number of aliphatic hydroxyl groups excluding tert-OH is 1. The van der Waals surface area contributed by atoms with Crippen LogP contribution in [0.3, 0.4) is 0 Å². The van der Waals surface area contributed by atoms with Crippen LogP contribution in [0.4, 0.5) is 14.9 Å². The smallest absolute Gasteiger partial charge is 0.412 e. The summed E-state index contributed by atoms with van der Waals surface area (Å²) >= 11 is 1.36. The van der Waals surface area contributed by atoms with Crippen LogP contribution in [0.1, 0.15) is 45.2 Å². The Morgan fingerprint density at radius 2 is 1.79 bits per heavy atom. The van der Waals surface area contributed by atoms with Gasteiger partial charge in [-0.1, -0.05) is 0 Å². The maximum atomic E-state index is 15.2. The standard InChI is InChI=1S/C29H29FN6O5S/c1-6-40-25-13-31-26-19(7-14(2)8-22(26)34-25)28-35-21-9-20(30)23(10-24(21)42-28)41-17(5)15(3)36(29(38)39)18-11-32-27(16(4)37)33-12-18/h7-13,15-17,37H,6H2,1-5H3,(H,38,39)/t15-,16-,17+/m1/s1. The summed E-state index contributed by atoms with van der Waals surface area (Å²) in [5.41, 5.74) is 3.71. The van der Waals surface area contributed by atoms with E-state index >= 15 is 4.39 Å². The predicted molar refractivity (Wildman–Crippen MR) is 157 cm³/mol. The average Bonchev–Trinajstić information content (AvgIpc) is 3.35. The van der Waals surface area contributed by atoms with Gasteiger partial charge in [0.05, 0.1) is 58.2 Å². The zero-order valence-electron chi connectivity index (χ0n) is 23.6. The second-order valence-corrected chi connectivity index (χ2v) is 10.8. The van der Waals surface area contributed by atoms with Crippen molar-refractivity contribution in [1.82, 2.24) is 24.9 Å². The second-order valence-electron chi connectivity index (χ2n) is 9.78. The molecule has 0 unspecified atom stereocenters. The highest BCUT2D eigenvalue weighted by molar-refractivity contribution is 7.21. The van der Waals surface area contributed by atoms with E-state index in [0.29, 0.717) is 38.7 Å². The Kier molecular flexibility index (Phi) is 8.14. The number of fused-ring (bicyclic) bond motifs is 2. The number of ether oxygens (including phenoxy) is 2. The molecule has 0 saturated heterocycles. The van der Waals surface area contributed by atoms with Gasteiger partial charge in [0.15, 0.2) is 17.4 Å². The molecular formula is C29H29FN6O5S. The second kappa shape index (κ2) is 11.8. The fraction of sp³-hybridized carbons (Fsp3) is 0.310. The number of carbonyl (C=O) groups is 1. The van der Waals surface area contributed by atoms with Crippen molar-refractivity contribution in [2.75, 3.05) is 11.5 Å². The van der Waals surface area contributed by atoms with Crippen molar-refractivity contribution in [3.05, 3.63) is 60.1 Å². The first-order valence-electron chi connectivity index (χ1n) is 13.2. The van der Waals surface area contributed by atoms with Gasteiger partial charge < -0.3 is 19.7 Å². The number of rotatable bonds is 9. The lowest BCUT2D eigenvalue weighted by Gasteiger charge is -2.30. The van der Waals surface area contributed by atoms with E-state index < -0.39 is 30.2 Å². The number of aromatic nitrogens is 5. The number of halogens is 1. The highest BCUT2D eigenvalue weighted by atomic mass is 32.1. The maximum absolute atomic E-state index is 15.2. The highest BCUT2D eigenvalue weighted by Gasteiger charge is 2.29. The molecule has 5 aromatic rings. The molecule has 0 aliphatic rings. The summed E-state index contributed by atoms with van der Waals surface area (Å²) in [5, 5.41) is 20.2. The van der Waals surface area contributed by atoms with E-state index in [0.717, 1.165) is 16.0 Å². The average molecular weight is 593 g/mol. The lowest BCUT2D eigenvalue weighted by molar-refractivity contribution is 0.166. The number of anilines is 1. The molecule has 0 bridgehead atoms. The molecule has 0 aliphatic heterocycles. The van der Waals surface area contributed by atoms with Gasteiger partial charge in [-0.2, -0.15) is 0 Å². The maximum Gasteiger partial charge on any atom is 0.412 e. The number of thiazole rings is 1. The Morgan fingerprint density at radius 1 is 1.05 bits per heavy atom. The van der Waals surface area contributed by atoms with Crippen molar-refractivity contribution in [3.8, 4) is 22.2 Å². The summed E-state index contributed by atoms with van der Waals surface area (Å²) in [6, 6.07) is 6.01. The van der Waals surface area contributed by atoms with Crippen molar-refractivity contribution in [2.24, 2.45) is 0 Å². The molecule has 0 spiro atoms. The van der Waals surface area contributed by atoms with E-state index in [1.54, 1.807) is 26.1 Å². The topological polar surface area (TPSA) is 144 Å². The molecule has 1 amide bonds. The summed E-state index contributed by atoms with van der Waals surface area (Å²) in [4.78, 5) is 35.0. The first-order chi connectivity index (χ1) is 20.0. The van der Waals surface area contributed by atoms with Crippen LogP contribution in [0.2, 0.25) is 0 Å². The van der Waals surface area contributed by atoms with Crippen molar-refractivity contribution in [3.63, 3.8) is 0 Å². The molecule has 2 aromatic carbocycles. The molecule has 0 aliphatic carbocycles. The number of aliphatic hydroxyl groups is 1. The zero-order valence-corrected chi connectivity index (χ0v) is 24.4. The summed E-state index contributed by atoms with van der Waals surface area (Å²) < 4.78 is 27.4. The molecule has 11 nitrogen and oxygen atoms in total. The van der Waals surface area contributed by atoms with Crippen LogP contribution in [0.25, 0.3) is 31.8 Å². The van der Waals surface area contributed by atoms with Crippen LogP contribution >= 0.6 is 11.3 Å². The van der Waals surface area contributed by atoms with E-state index in [9.17, 15) is 15.0 Å². The number of amides is 1. The molecule has 3 heterocycles. The van der Waals surface area contributed by atoms with Gasteiger partial charge in [-0.25, -0.2) is 34.1 Å². The van der Waals surface area contributed by atoms with Gasteiger partial charge in [0.25, 0.3) is 0 Å². The van der Waals surface area contributed by atoms with Crippen LogP contribution in [-0.2, 0) is 0 Å². The largest absolute Gasteiger partial charge is 0.485 e. The van der Waals surface area contributed by atoms with E-state index in [1.165, 1.54) is 36.7 Å². The first-order valence-corrected chi connectivity index (χ1v) is 14.1. The van der Waals surface area contributed by atoms with E-state index in [4.69, 9.17) is 9.47 Å². The molecule has 0 radical (unpaired) electrons. The number of aryl methyl sites for hydroxylation is 1. The molecule has 0 saturated carbocycles. The molecule has 42 heavy (non-hydrogen) atoms. The van der Waals surface area contributed by atoms with Crippen LogP contribution in [0, 0.1) is 12.7 Å². The number of carboxylic acid groups (broad SMARTS) is 1. The first kappa shape index (κ1) is 29.0. The third kappa shape index (κ3) is 5.78. The molecular weight excluding hydrogens is 563 g/mol. The highest BCUT2D eigenvalue weighted by Crippen LogP contribution is 2.37. The van der Waals surface area contributed by atoms with Crippen LogP contribution in [0.5, 0.6) is 11.6 Å². The molecule has 0 fully saturated rings. The Bertz CT molecular complexity index is 1760. The van der Waals surface area contributed by atoms with Gasteiger partial charge in [-0.3, -0.25) is 4.90 Å². The lowest BCUT2D eigenvalue weighted by atomic mass is 10.1. The van der Waals surface area contributed by atoms with Gasteiger partial charge in [0, 0.05) is 17.7 Å². The van der Waals surface area contributed by atoms with Crippen molar-refractivity contribution >= 4 is 44.4 Å². The van der Waals surface area contributed by atoms with Gasteiger partial charge in [-0.05, 0) is 52.3 Å². The predicted octanol–water partition coefficient (Wildman–Crippen LogP) is 5.94. The van der Waals surface area contributed by atoms with Gasteiger partial charge in [-0.15, -0.1) is 11.3 Å². The fourth-order valence-electron chi connectivity index (χ4n) is 4.46. The summed E-state index contributed by atoms with van der Waals surface area (Å²) in [7, 11) is 0. The zero-order chi connectivity index (χ0) is 30.1. The Balaban J connectivity index is 1.43. The van der Waals surface area contributed by atoms with Crippen LogP contribution in [-0.4, -0.2) is 60.0 Å². The summed E-state index contributed by atoms with van der Waals surface area (Å²) in [5.74, 6) is -0.0522. The Labute approximate surface area is 244 Å². The molecule has 3 atom stereocenters. The minimum absolute atomic E-state index is 0.0293. The molecule has 13 heteroatoms. The number of hydrogen-bond acceptors (Lipinski definition) is 10. The van der Waals surface area contributed by atoms with Crippen LogP contribution < -0.4 is 14.4 Å². The van der Waals surface area contributed by atoms with E-state index in [1.807, 2.05) is 26.0 Å². The van der Waals surface area contributed by atoms with Crippen molar-refractivity contribution < 1.29 is 28.9 Å². The monoisotopic (exact) mass is 592 g/mol. The van der Waals surface area contributed by atoms with Gasteiger partial charge in [0.1, 0.15) is 17.2 Å². The normalized spacial score (nSPS) is 13.6. The van der Waals surface area contributed by atoms with E-state index in [2.05, 4.69) is 24.9 Å². The minimum Gasteiger partial charge on any atom is -0.485 e. The number of hydrogen-bond donors (Lipinski definition) is 2. The Hall–Kier alpha value is -4.49. The van der Waals surface area contributed by atoms with Gasteiger partial charge in [0.2, 0.25) is 5.88 Å². The molecule has 3 aromatic heterocycles. The Morgan fingerprint density at radius 3 is 2.45 bits per heavy atom. The summed E-state index contributed by atoms with van der Waals surface area (Å²) in [6.45, 7) is 9.11.